The number of benzene rings is 1. The van der Waals surface area contributed by atoms with Crippen molar-refractivity contribution in [1.82, 2.24) is 0 Å². The van der Waals surface area contributed by atoms with E-state index in [-0.39, 0.29) is 6.42 Å². The number of ether oxygens (including phenoxy) is 2. The Kier molecular flexibility index (Phi) is 3.87. The van der Waals surface area contributed by atoms with Gasteiger partial charge in [-0.3, -0.25) is 4.79 Å². The van der Waals surface area contributed by atoms with E-state index in [2.05, 4.69) is 0 Å². The van der Waals surface area contributed by atoms with Gasteiger partial charge in [-0.2, -0.15) is 0 Å². The van der Waals surface area contributed by atoms with Gasteiger partial charge in [-0.15, -0.1) is 0 Å². The predicted octanol–water partition coefficient (Wildman–Crippen LogP) is 2.61. The van der Waals surface area contributed by atoms with Crippen LogP contribution >= 0.6 is 0 Å². The molecule has 1 saturated carbocycles. The third kappa shape index (κ3) is 3.01. The number of methoxy groups -OCH3 is 1. The average molecular weight is 250 g/mol. The van der Waals surface area contributed by atoms with E-state index in [1.165, 1.54) is 0 Å². The lowest BCUT2D eigenvalue weighted by Gasteiger charge is -2.40. The summed E-state index contributed by atoms with van der Waals surface area (Å²) in [6.07, 6.45) is 2.73. The smallest absolute Gasteiger partial charge is 0.307 e. The van der Waals surface area contributed by atoms with Crippen molar-refractivity contribution in [1.29, 1.82) is 0 Å². The van der Waals surface area contributed by atoms with Crippen LogP contribution in [0.1, 0.15) is 31.2 Å². The minimum absolute atomic E-state index is 0.0709. The third-order valence-electron chi connectivity index (χ3n) is 3.28. The van der Waals surface area contributed by atoms with Crippen LogP contribution in [0.3, 0.4) is 0 Å². The largest absolute Gasteiger partial charge is 0.487 e. The highest BCUT2D eigenvalue weighted by molar-refractivity contribution is 5.68. The van der Waals surface area contributed by atoms with E-state index in [1.807, 2.05) is 24.3 Å². The van der Waals surface area contributed by atoms with Crippen molar-refractivity contribution in [2.24, 2.45) is 0 Å². The maximum Gasteiger partial charge on any atom is 0.307 e. The van der Waals surface area contributed by atoms with Gasteiger partial charge in [0.2, 0.25) is 0 Å². The van der Waals surface area contributed by atoms with Crippen molar-refractivity contribution >= 4 is 5.97 Å². The van der Waals surface area contributed by atoms with E-state index >= 15 is 0 Å². The highest BCUT2D eigenvalue weighted by Gasteiger charge is 2.41. The van der Waals surface area contributed by atoms with Crippen LogP contribution in [0.15, 0.2) is 24.3 Å². The molecule has 18 heavy (non-hydrogen) atoms. The number of hydrogen-bond acceptors (Lipinski definition) is 3. The number of rotatable bonds is 6. The van der Waals surface area contributed by atoms with E-state index < -0.39 is 11.6 Å². The summed E-state index contributed by atoms with van der Waals surface area (Å²) in [4.78, 5) is 10.9. The summed E-state index contributed by atoms with van der Waals surface area (Å²) in [6, 6.07) is 7.63. The van der Waals surface area contributed by atoms with Crippen LogP contribution in [-0.2, 0) is 16.1 Å². The van der Waals surface area contributed by atoms with Gasteiger partial charge < -0.3 is 14.6 Å². The summed E-state index contributed by atoms with van der Waals surface area (Å²) in [5.41, 5.74) is 0.525. The average Bonchev–Trinajstić information content (AvgIpc) is 2.26. The Balaban J connectivity index is 2.07. The van der Waals surface area contributed by atoms with Crippen LogP contribution in [0.2, 0.25) is 0 Å². The number of carboxylic acids is 1. The summed E-state index contributed by atoms with van der Waals surface area (Å²) in [6.45, 7) is 0.531. The molecule has 0 saturated heterocycles. The number of hydrogen-bond donors (Lipinski definition) is 1. The number of aliphatic carboxylic acids is 1. The molecule has 1 aromatic rings. The van der Waals surface area contributed by atoms with Crippen LogP contribution in [0.4, 0.5) is 0 Å². The fourth-order valence-electron chi connectivity index (χ4n) is 2.28. The lowest BCUT2D eigenvalue weighted by Crippen LogP contribution is -2.45. The zero-order valence-corrected chi connectivity index (χ0v) is 10.5. The van der Waals surface area contributed by atoms with E-state index in [0.29, 0.717) is 6.61 Å². The normalized spacial score (nSPS) is 16.9. The predicted molar refractivity (Wildman–Crippen MR) is 66.6 cm³/mol. The Morgan fingerprint density at radius 3 is 2.78 bits per heavy atom. The van der Waals surface area contributed by atoms with Gasteiger partial charge in [0.25, 0.3) is 0 Å². The minimum atomic E-state index is -0.803. The molecule has 1 N–H and O–H groups in total. The molecule has 0 atom stereocenters. The molecule has 1 aliphatic rings. The van der Waals surface area contributed by atoms with Crippen LogP contribution < -0.4 is 4.74 Å². The molecule has 0 bridgehead atoms. The molecule has 0 spiro atoms. The molecule has 98 valence electrons. The second-order valence-corrected chi connectivity index (χ2v) is 4.79. The van der Waals surface area contributed by atoms with Crippen molar-refractivity contribution in [3.8, 4) is 5.75 Å². The van der Waals surface area contributed by atoms with E-state index in [1.54, 1.807) is 7.11 Å². The molecule has 1 aliphatic carbocycles. The van der Waals surface area contributed by atoms with Crippen molar-refractivity contribution in [3.63, 3.8) is 0 Å². The molecule has 1 fully saturated rings. The van der Waals surface area contributed by atoms with Crippen molar-refractivity contribution in [2.45, 2.75) is 37.9 Å². The van der Waals surface area contributed by atoms with Gasteiger partial charge in [-0.05, 0) is 37.0 Å². The quantitative estimate of drug-likeness (QED) is 0.843. The zero-order chi connectivity index (χ0) is 13.0. The fraction of sp³-hybridized carbons (Fsp3) is 0.500. The highest BCUT2D eigenvalue weighted by Crippen LogP contribution is 2.39. The second-order valence-electron chi connectivity index (χ2n) is 4.79. The first-order chi connectivity index (χ1) is 8.63. The second kappa shape index (κ2) is 5.40. The van der Waals surface area contributed by atoms with Gasteiger partial charge in [0.15, 0.2) is 0 Å². The minimum Gasteiger partial charge on any atom is -0.487 e. The molecule has 0 amide bonds. The summed E-state index contributed by atoms with van der Waals surface area (Å²) >= 11 is 0. The van der Waals surface area contributed by atoms with Crippen LogP contribution in [0, 0.1) is 0 Å². The Labute approximate surface area is 107 Å². The molecule has 0 aliphatic heterocycles. The van der Waals surface area contributed by atoms with E-state index in [9.17, 15) is 4.79 Å². The summed E-state index contributed by atoms with van der Waals surface area (Å²) < 4.78 is 11.0. The van der Waals surface area contributed by atoms with Crippen LogP contribution in [0.5, 0.6) is 5.75 Å². The summed E-state index contributed by atoms with van der Waals surface area (Å²) in [7, 11) is 1.64. The van der Waals surface area contributed by atoms with Gasteiger partial charge in [0.05, 0.1) is 13.0 Å². The first kappa shape index (κ1) is 12.9. The zero-order valence-electron chi connectivity index (χ0n) is 10.5. The molecule has 0 radical (unpaired) electrons. The maximum absolute atomic E-state index is 10.9. The SMILES string of the molecule is COCc1cccc(OC2(CC(=O)O)CCC2)c1. The van der Waals surface area contributed by atoms with Gasteiger partial charge in [-0.25, -0.2) is 0 Å². The molecule has 4 nitrogen and oxygen atoms in total. The van der Waals surface area contributed by atoms with Gasteiger partial charge in [0.1, 0.15) is 11.4 Å². The van der Waals surface area contributed by atoms with Crippen molar-refractivity contribution < 1.29 is 19.4 Å². The standard InChI is InChI=1S/C14H18O4/c1-17-10-11-4-2-5-12(8-11)18-14(6-3-7-14)9-13(15)16/h2,4-5,8H,3,6-7,9-10H2,1H3,(H,15,16). The monoisotopic (exact) mass is 250 g/mol. The van der Waals surface area contributed by atoms with Crippen molar-refractivity contribution in [2.75, 3.05) is 7.11 Å². The number of carbonyl (C=O) groups is 1. The molecule has 1 aromatic carbocycles. The van der Waals surface area contributed by atoms with Crippen LogP contribution in [-0.4, -0.2) is 23.8 Å². The van der Waals surface area contributed by atoms with Gasteiger partial charge >= 0.3 is 5.97 Å². The highest BCUT2D eigenvalue weighted by atomic mass is 16.5. The van der Waals surface area contributed by atoms with E-state index in [0.717, 1.165) is 30.6 Å². The summed E-state index contributed by atoms with van der Waals surface area (Å²) in [5, 5.41) is 8.93. The molecular weight excluding hydrogens is 232 g/mol. The van der Waals surface area contributed by atoms with E-state index in [4.69, 9.17) is 14.6 Å². The molecular formula is C14H18O4. The molecule has 0 unspecified atom stereocenters. The Morgan fingerprint density at radius 1 is 1.44 bits per heavy atom. The fourth-order valence-corrected chi connectivity index (χ4v) is 2.28. The molecule has 4 heteroatoms. The lowest BCUT2D eigenvalue weighted by atomic mass is 9.77. The van der Waals surface area contributed by atoms with Crippen molar-refractivity contribution in [3.05, 3.63) is 29.8 Å². The topological polar surface area (TPSA) is 55.8 Å². The number of carboxylic acid groups (broad SMARTS) is 1. The van der Waals surface area contributed by atoms with Crippen LogP contribution in [0.25, 0.3) is 0 Å². The Morgan fingerprint density at radius 2 is 2.22 bits per heavy atom. The van der Waals surface area contributed by atoms with Gasteiger partial charge in [0, 0.05) is 7.11 Å². The first-order valence-corrected chi connectivity index (χ1v) is 6.12. The summed E-state index contributed by atoms with van der Waals surface area (Å²) in [5.74, 6) is -0.0757. The lowest BCUT2D eigenvalue weighted by molar-refractivity contribution is -0.144. The first-order valence-electron chi connectivity index (χ1n) is 6.12. The Hall–Kier alpha value is -1.55. The Bertz CT molecular complexity index is 424. The maximum atomic E-state index is 10.9. The third-order valence-corrected chi connectivity index (χ3v) is 3.28. The molecule has 0 heterocycles. The molecule has 2 rings (SSSR count). The van der Waals surface area contributed by atoms with Gasteiger partial charge in [-0.1, -0.05) is 12.1 Å². The molecule has 0 aromatic heterocycles.